The fraction of sp³-hybridized carbons (Fsp3) is 1.00. The van der Waals surface area contributed by atoms with E-state index in [4.69, 9.17) is 0 Å². The molecule has 0 aliphatic heterocycles. The average Bonchev–Trinajstić information content (AvgIpc) is 2.19. The van der Waals surface area contributed by atoms with Crippen LogP contribution in [0.4, 0.5) is 0 Å². The lowest BCUT2D eigenvalue weighted by atomic mass is 9.71. The van der Waals surface area contributed by atoms with Gasteiger partial charge >= 0.3 is 0 Å². The molecule has 0 radical (unpaired) electrons. The van der Waals surface area contributed by atoms with Crippen molar-refractivity contribution < 1.29 is 0 Å². The minimum absolute atomic E-state index is 0.655. The number of rotatable bonds is 6. The summed E-state index contributed by atoms with van der Waals surface area (Å²) >= 11 is 0. The molecule has 0 unspecified atom stereocenters. The van der Waals surface area contributed by atoms with Crippen molar-refractivity contribution in [2.24, 2.45) is 11.3 Å². The fourth-order valence-corrected chi connectivity index (χ4v) is 2.97. The summed E-state index contributed by atoms with van der Waals surface area (Å²) < 4.78 is 0. The van der Waals surface area contributed by atoms with Gasteiger partial charge in [-0.3, -0.25) is 0 Å². The molecule has 0 aromatic rings. The highest BCUT2D eigenvalue weighted by Gasteiger charge is 2.30. The van der Waals surface area contributed by atoms with Crippen molar-refractivity contribution in [1.82, 2.24) is 5.32 Å². The maximum atomic E-state index is 3.68. The zero-order chi connectivity index (χ0) is 11.1. The molecular weight excluding hydrogens is 182 g/mol. The van der Waals surface area contributed by atoms with Gasteiger partial charge in [-0.25, -0.2) is 0 Å². The number of hydrogen-bond donors (Lipinski definition) is 1. The van der Waals surface area contributed by atoms with E-state index < -0.39 is 0 Å². The van der Waals surface area contributed by atoms with E-state index in [1.807, 2.05) is 0 Å². The number of hydrogen-bond acceptors (Lipinski definition) is 1. The third kappa shape index (κ3) is 4.55. The summed E-state index contributed by atoms with van der Waals surface area (Å²) in [5.74, 6) is 0.785. The molecule has 0 atom stereocenters. The molecule has 1 fully saturated rings. The van der Waals surface area contributed by atoms with Gasteiger partial charge in [0.15, 0.2) is 0 Å². The molecule has 1 aliphatic carbocycles. The standard InChI is InChI=1S/C14H29N/c1-4-8-14(9-6-5-7-10-14)12-15-11-13(2)3/h13,15H,4-12H2,1-3H3. The summed E-state index contributed by atoms with van der Waals surface area (Å²) in [6.45, 7) is 9.37. The third-order valence-corrected chi connectivity index (χ3v) is 3.75. The first-order valence-corrected chi connectivity index (χ1v) is 6.89. The van der Waals surface area contributed by atoms with Gasteiger partial charge in [-0.1, -0.05) is 46.5 Å². The number of nitrogens with one attached hydrogen (secondary N) is 1. The normalized spacial score (nSPS) is 20.8. The first-order valence-electron chi connectivity index (χ1n) is 6.89. The zero-order valence-electron chi connectivity index (χ0n) is 10.9. The quantitative estimate of drug-likeness (QED) is 0.700. The molecule has 0 saturated heterocycles. The first-order chi connectivity index (χ1) is 7.18. The molecule has 0 aromatic carbocycles. The minimum Gasteiger partial charge on any atom is -0.316 e. The minimum atomic E-state index is 0.655. The molecule has 0 bridgehead atoms. The molecule has 0 heterocycles. The van der Waals surface area contributed by atoms with Gasteiger partial charge in [0, 0.05) is 6.54 Å². The second kappa shape index (κ2) is 6.52. The molecule has 0 aromatic heterocycles. The van der Waals surface area contributed by atoms with E-state index in [2.05, 4.69) is 26.1 Å². The molecule has 90 valence electrons. The van der Waals surface area contributed by atoms with Crippen LogP contribution in [0.3, 0.4) is 0 Å². The van der Waals surface area contributed by atoms with E-state index in [1.54, 1.807) is 0 Å². The van der Waals surface area contributed by atoms with Crippen LogP contribution < -0.4 is 5.32 Å². The van der Waals surface area contributed by atoms with E-state index >= 15 is 0 Å². The van der Waals surface area contributed by atoms with Gasteiger partial charge in [0.25, 0.3) is 0 Å². The van der Waals surface area contributed by atoms with Crippen LogP contribution in [-0.2, 0) is 0 Å². The Kier molecular flexibility index (Phi) is 5.66. The first kappa shape index (κ1) is 13.0. The summed E-state index contributed by atoms with van der Waals surface area (Å²) in [6, 6.07) is 0. The molecule has 15 heavy (non-hydrogen) atoms. The van der Waals surface area contributed by atoms with Crippen LogP contribution in [0.15, 0.2) is 0 Å². The van der Waals surface area contributed by atoms with Gasteiger partial charge in [0.05, 0.1) is 0 Å². The summed E-state index contributed by atoms with van der Waals surface area (Å²) in [5.41, 5.74) is 0.655. The predicted molar refractivity (Wildman–Crippen MR) is 68.1 cm³/mol. The lowest BCUT2D eigenvalue weighted by molar-refractivity contribution is 0.163. The Morgan fingerprint density at radius 3 is 2.33 bits per heavy atom. The largest absolute Gasteiger partial charge is 0.316 e. The Morgan fingerprint density at radius 1 is 1.13 bits per heavy atom. The maximum absolute atomic E-state index is 3.68. The van der Waals surface area contributed by atoms with Crippen LogP contribution in [0.1, 0.15) is 65.7 Å². The molecule has 1 saturated carbocycles. The lowest BCUT2D eigenvalue weighted by Crippen LogP contribution is -2.37. The molecule has 1 aliphatic rings. The summed E-state index contributed by atoms with van der Waals surface area (Å²) in [7, 11) is 0. The van der Waals surface area contributed by atoms with Crippen molar-refractivity contribution in [3.05, 3.63) is 0 Å². The van der Waals surface area contributed by atoms with Crippen LogP contribution >= 0.6 is 0 Å². The van der Waals surface area contributed by atoms with Crippen molar-refractivity contribution in [3.63, 3.8) is 0 Å². The van der Waals surface area contributed by atoms with E-state index in [9.17, 15) is 0 Å². The molecular formula is C14H29N. The van der Waals surface area contributed by atoms with E-state index in [1.165, 1.54) is 58.0 Å². The topological polar surface area (TPSA) is 12.0 Å². The van der Waals surface area contributed by atoms with Gasteiger partial charge < -0.3 is 5.32 Å². The lowest BCUT2D eigenvalue weighted by Gasteiger charge is -2.38. The predicted octanol–water partition coefficient (Wildman–Crippen LogP) is 3.98. The Labute approximate surface area is 96.0 Å². The van der Waals surface area contributed by atoms with Gasteiger partial charge in [-0.05, 0) is 37.1 Å². The summed E-state index contributed by atoms with van der Waals surface area (Å²) in [6.07, 6.45) is 10.1. The van der Waals surface area contributed by atoms with Crippen LogP contribution in [-0.4, -0.2) is 13.1 Å². The highest BCUT2D eigenvalue weighted by Crippen LogP contribution is 2.39. The Morgan fingerprint density at radius 2 is 1.80 bits per heavy atom. The summed E-state index contributed by atoms with van der Waals surface area (Å²) in [4.78, 5) is 0. The van der Waals surface area contributed by atoms with Gasteiger partial charge in [0.2, 0.25) is 0 Å². The second-order valence-corrected chi connectivity index (χ2v) is 5.84. The van der Waals surface area contributed by atoms with Crippen LogP contribution in [0.2, 0.25) is 0 Å². The van der Waals surface area contributed by atoms with Gasteiger partial charge in [0.1, 0.15) is 0 Å². The highest BCUT2D eigenvalue weighted by atomic mass is 14.9. The summed E-state index contributed by atoms with van der Waals surface area (Å²) in [5, 5.41) is 3.68. The molecule has 0 spiro atoms. The molecule has 1 N–H and O–H groups in total. The van der Waals surface area contributed by atoms with Gasteiger partial charge in [-0.15, -0.1) is 0 Å². The van der Waals surface area contributed by atoms with Crippen molar-refractivity contribution in [2.45, 2.75) is 65.7 Å². The van der Waals surface area contributed by atoms with Gasteiger partial charge in [-0.2, -0.15) is 0 Å². The third-order valence-electron chi connectivity index (χ3n) is 3.75. The second-order valence-electron chi connectivity index (χ2n) is 5.84. The van der Waals surface area contributed by atoms with Crippen LogP contribution in [0, 0.1) is 11.3 Å². The van der Waals surface area contributed by atoms with E-state index in [0.29, 0.717) is 5.41 Å². The van der Waals surface area contributed by atoms with Crippen LogP contribution in [0.5, 0.6) is 0 Å². The monoisotopic (exact) mass is 211 g/mol. The van der Waals surface area contributed by atoms with Crippen molar-refractivity contribution in [2.75, 3.05) is 13.1 Å². The molecule has 1 rings (SSSR count). The average molecular weight is 211 g/mol. The molecule has 1 nitrogen and oxygen atoms in total. The fourth-order valence-electron chi connectivity index (χ4n) is 2.97. The Hall–Kier alpha value is -0.0400. The van der Waals surface area contributed by atoms with Crippen molar-refractivity contribution in [3.8, 4) is 0 Å². The van der Waals surface area contributed by atoms with Crippen molar-refractivity contribution in [1.29, 1.82) is 0 Å². The SMILES string of the molecule is CCCC1(CNCC(C)C)CCCCC1. The zero-order valence-corrected chi connectivity index (χ0v) is 10.9. The van der Waals surface area contributed by atoms with Crippen molar-refractivity contribution >= 4 is 0 Å². The maximum Gasteiger partial charge on any atom is 0.000792 e. The van der Waals surface area contributed by atoms with Crippen LogP contribution in [0.25, 0.3) is 0 Å². The van der Waals surface area contributed by atoms with E-state index in [-0.39, 0.29) is 0 Å². The molecule has 1 heteroatoms. The highest BCUT2D eigenvalue weighted by molar-refractivity contribution is 4.84. The molecule has 0 amide bonds. The Bertz CT molecular complexity index is 151. The van der Waals surface area contributed by atoms with E-state index in [0.717, 1.165) is 5.92 Å². The smallest absolute Gasteiger partial charge is 0.000792 e. The Balaban J connectivity index is 2.34.